The number of hydrogen-bond donors (Lipinski definition) is 0. The summed E-state index contributed by atoms with van der Waals surface area (Å²) in [5.41, 5.74) is 6.95. The number of hydrazone groups is 1. The lowest BCUT2D eigenvalue weighted by molar-refractivity contribution is -0.134. The van der Waals surface area contributed by atoms with E-state index < -0.39 is 0 Å². The second kappa shape index (κ2) is 9.83. The van der Waals surface area contributed by atoms with Crippen LogP contribution in [0.1, 0.15) is 66.0 Å². The van der Waals surface area contributed by atoms with Crippen molar-refractivity contribution >= 4 is 11.6 Å². The highest BCUT2D eigenvalue weighted by Crippen LogP contribution is 2.34. The maximum Gasteiger partial charge on any atom is 0.257 e. The van der Waals surface area contributed by atoms with Gasteiger partial charge < -0.3 is 0 Å². The van der Waals surface area contributed by atoms with Gasteiger partial charge in [-0.05, 0) is 44.7 Å². The lowest BCUT2D eigenvalue weighted by Gasteiger charge is -2.30. The Labute approximate surface area is 192 Å². The van der Waals surface area contributed by atoms with Crippen molar-refractivity contribution in [2.45, 2.75) is 65.0 Å². The molecule has 0 aromatic heterocycles. The van der Waals surface area contributed by atoms with Crippen LogP contribution in [0.3, 0.4) is 0 Å². The molecule has 168 valence electrons. The van der Waals surface area contributed by atoms with Gasteiger partial charge in [-0.25, -0.2) is 5.01 Å². The largest absolute Gasteiger partial charge is 0.288 e. The second-order valence-electron chi connectivity index (χ2n) is 9.39. The van der Waals surface area contributed by atoms with Crippen LogP contribution in [0.15, 0.2) is 60.2 Å². The summed E-state index contributed by atoms with van der Waals surface area (Å²) in [6.45, 7) is 11.4. The van der Waals surface area contributed by atoms with Crippen LogP contribution >= 0.6 is 0 Å². The third-order valence-electron chi connectivity index (χ3n) is 6.86. The van der Waals surface area contributed by atoms with E-state index in [0.717, 1.165) is 29.8 Å². The zero-order valence-corrected chi connectivity index (χ0v) is 19.7. The third kappa shape index (κ3) is 4.86. The Bertz CT molecular complexity index is 1000. The van der Waals surface area contributed by atoms with Crippen molar-refractivity contribution < 1.29 is 4.79 Å². The molecule has 1 heterocycles. The van der Waals surface area contributed by atoms with E-state index in [1.807, 2.05) is 6.08 Å². The first-order valence-corrected chi connectivity index (χ1v) is 11.8. The first-order chi connectivity index (χ1) is 15.5. The van der Waals surface area contributed by atoms with Crippen LogP contribution in [0.25, 0.3) is 0 Å². The third-order valence-corrected chi connectivity index (χ3v) is 6.86. The van der Waals surface area contributed by atoms with E-state index in [9.17, 15) is 4.79 Å². The van der Waals surface area contributed by atoms with E-state index in [1.54, 1.807) is 5.01 Å². The average Bonchev–Trinajstić information content (AvgIpc) is 3.44. The van der Waals surface area contributed by atoms with Gasteiger partial charge in [0, 0.05) is 24.6 Å². The first-order valence-electron chi connectivity index (χ1n) is 11.8. The smallest absolute Gasteiger partial charge is 0.257 e. The maximum atomic E-state index is 13.6. The summed E-state index contributed by atoms with van der Waals surface area (Å²) >= 11 is 0. The Balaban J connectivity index is 1.63. The summed E-state index contributed by atoms with van der Waals surface area (Å²) in [7, 11) is 0. The summed E-state index contributed by atoms with van der Waals surface area (Å²) < 4.78 is 0. The molecule has 1 unspecified atom stereocenters. The Kier molecular flexibility index (Phi) is 6.90. The number of nitrogens with zero attached hydrogens (tertiary/aromatic N) is 3. The molecule has 0 saturated heterocycles. The van der Waals surface area contributed by atoms with Crippen LogP contribution in [0.4, 0.5) is 0 Å². The predicted molar refractivity (Wildman–Crippen MR) is 132 cm³/mol. The molecule has 1 amide bonds. The molecular formula is C28H35N3O. The fourth-order valence-corrected chi connectivity index (χ4v) is 5.11. The molecule has 2 aromatic rings. The van der Waals surface area contributed by atoms with Gasteiger partial charge in [0.25, 0.3) is 5.91 Å². The zero-order valence-electron chi connectivity index (χ0n) is 19.7. The van der Waals surface area contributed by atoms with E-state index in [-0.39, 0.29) is 11.9 Å². The quantitative estimate of drug-likeness (QED) is 0.528. The Morgan fingerprint density at radius 3 is 2.44 bits per heavy atom. The lowest BCUT2D eigenvalue weighted by Crippen LogP contribution is -2.42. The Morgan fingerprint density at radius 1 is 1.09 bits per heavy atom. The van der Waals surface area contributed by atoms with Crippen LogP contribution in [0.5, 0.6) is 0 Å². The molecule has 4 nitrogen and oxygen atoms in total. The summed E-state index contributed by atoms with van der Waals surface area (Å²) in [6.07, 6.45) is 7.48. The van der Waals surface area contributed by atoms with E-state index in [2.05, 4.69) is 74.7 Å². The monoisotopic (exact) mass is 429 g/mol. The highest BCUT2D eigenvalue weighted by molar-refractivity contribution is 6.04. The van der Waals surface area contributed by atoms with Crippen LogP contribution in [0.2, 0.25) is 0 Å². The SMILES string of the molecule is C=CCN(CC(=O)N1N=C(c2ccc(C)cc2C)CC1c1ccc(C)cc1)C1CCCC1. The predicted octanol–water partition coefficient (Wildman–Crippen LogP) is 5.72. The number of aryl methyl sites for hydroxylation is 3. The number of carbonyl (C=O) groups is 1. The summed E-state index contributed by atoms with van der Waals surface area (Å²) in [6, 6.07) is 15.4. The maximum absolute atomic E-state index is 13.6. The number of amides is 1. The van der Waals surface area contributed by atoms with E-state index in [1.165, 1.54) is 42.4 Å². The minimum Gasteiger partial charge on any atom is -0.288 e. The van der Waals surface area contributed by atoms with Crippen LogP contribution in [-0.4, -0.2) is 40.7 Å². The van der Waals surface area contributed by atoms with Crippen LogP contribution in [0, 0.1) is 20.8 Å². The second-order valence-corrected chi connectivity index (χ2v) is 9.39. The van der Waals surface area contributed by atoms with Gasteiger partial charge in [0.2, 0.25) is 0 Å². The first kappa shape index (κ1) is 22.5. The molecule has 0 spiro atoms. The van der Waals surface area contributed by atoms with Gasteiger partial charge in [-0.2, -0.15) is 5.10 Å². The molecule has 4 heteroatoms. The molecule has 4 rings (SSSR count). The fraction of sp³-hybridized carbons (Fsp3) is 0.429. The minimum atomic E-state index is -0.0621. The molecule has 1 aliphatic carbocycles. The molecule has 1 atom stereocenters. The van der Waals surface area contributed by atoms with Gasteiger partial charge in [0.15, 0.2) is 0 Å². The van der Waals surface area contributed by atoms with Crippen LogP contribution < -0.4 is 0 Å². The van der Waals surface area contributed by atoms with Crippen molar-refractivity contribution in [1.29, 1.82) is 0 Å². The summed E-state index contributed by atoms with van der Waals surface area (Å²) in [4.78, 5) is 15.9. The molecule has 2 aliphatic rings. The Morgan fingerprint density at radius 2 is 1.78 bits per heavy atom. The molecule has 0 radical (unpaired) electrons. The van der Waals surface area contributed by atoms with Gasteiger partial charge >= 0.3 is 0 Å². The average molecular weight is 430 g/mol. The number of carbonyl (C=O) groups excluding carboxylic acids is 1. The van der Waals surface area contributed by atoms with Crippen molar-refractivity contribution in [2.24, 2.45) is 5.10 Å². The lowest BCUT2D eigenvalue weighted by atomic mass is 9.95. The van der Waals surface area contributed by atoms with Gasteiger partial charge in [-0.3, -0.25) is 9.69 Å². The van der Waals surface area contributed by atoms with Crippen molar-refractivity contribution in [3.05, 3.63) is 82.9 Å². The number of benzene rings is 2. The molecule has 2 aromatic carbocycles. The zero-order chi connectivity index (χ0) is 22.7. The molecule has 1 saturated carbocycles. The molecule has 0 bridgehead atoms. The molecule has 32 heavy (non-hydrogen) atoms. The van der Waals surface area contributed by atoms with E-state index >= 15 is 0 Å². The molecule has 0 N–H and O–H groups in total. The van der Waals surface area contributed by atoms with Crippen LogP contribution in [-0.2, 0) is 4.79 Å². The van der Waals surface area contributed by atoms with E-state index in [4.69, 9.17) is 5.10 Å². The highest BCUT2D eigenvalue weighted by Gasteiger charge is 2.35. The highest BCUT2D eigenvalue weighted by atomic mass is 16.2. The number of rotatable bonds is 7. The van der Waals surface area contributed by atoms with Gasteiger partial charge in [0.1, 0.15) is 0 Å². The summed E-state index contributed by atoms with van der Waals surface area (Å²) in [5, 5.41) is 6.67. The van der Waals surface area contributed by atoms with Crippen molar-refractivity contribution in [2.75, 3.05) is 13.1 Å². The molecule has 1 aliphatic heterocycles. The topological polar surface area (TPSA) is 35.9 Å². The van der Waals surface area contributed by atoms with Crippen molar-refractivity contribution in [3.63, 3.8) is 0 Å². The standard InChI is InChI=1S/C28H35N3O/c1-5-16-30(24-8-6-7-9-24)19-28(32)31-27(23-13-10-20(2)11-14-23)18-26(29-31)25-15-12-21(3)17-22(25)4/h5,10-15,17,24,27H,1,6-9,16,18-19H2,2-4H3. The normalized spacial score (nSPS) is 18.9. The summed E-state index contributed by atoms with van der Waals surface area (Å²) in [5.74, 6) is 0.0732. The molecule has 1 fully saturated rings. The van der Waals surface area contributed by atoms with Gasteiger partial charge in [-0.15, -0.1) is 6.58 Å². The van der Waals surface area contributed by atoms with Gasteiger partial charge in [-0.1, -0.05) is 72.5 Å². The van der Waals surface area contributed by atoms with E-state index in [0.29, 0.717) is 12.6 Å². The van der Waals surface area contributed by atoms with Crippen molar-refractivity contribution in [1.82, 2.24) is 9.91 Å². The Hall–Kier alpha value is -2.72. The molecular weight excluding hydrogens is 394 g/mol. The minimum absolute atomic E-state index is 0.0621. The van der Waals surface area contributed by atoms with Gasteiger partial charge in [0.05, 0.1) is 18.3 Å². The van der Waals surface area contributed by atoms with Crippen molar-refractivity contribution in [3.8, 4) is 0 Å². The number of hydrogen-bond acceptors (Lipinski definition) is 3. The fourth-order valence-electron chi connectivity index (χ4n) is 5.11.